The largest absolute Gasteiger partial charge is 0.304 e. The van der Waals surface area contributed by atoms with Crippen LogP contribution in [0.3, 0.4) is 0 Å². The van der Waals surface area contributed by atoms with Crippen molar-refractivity contribution in [2.45, 2.75) is 25.8 Å². The van der Waals surface area contributed by atoms with Gasteiger partial charge in [0.25, 0.3) is 0 Å². The fourth-order valence-electron chi connectivity index (χ4n) is 1.35. The summed E-state index contributed by atoms with van der Waals surface area (Å²) < 4.78 is 0. The van der Waals surface area contributed by atoms with Crippen LogP contribution in [0.5, 0.6) is 0 Å². The molecule has 76 valence electrons. The van der Waals surface area contributed by atoms with Gasteiger partial charge >= 0.3 is 0 Å². The number of imide groups is 1. The molecule has 0 aromatic rings. The lowest BCUT2D eigenvalue weighted by molar-refractivity contribution is -0.137. The summed E-state index contributed by atoms with van der Waals surface area (Å²) in [6.07, 6.45) is 0.979. The average molecular weight is 194 g/mol. The smallest absolute Gasteiger partial charge is 0.246 e. The first-order chi connectivity index (χ1) is 6.66. The Hall–Kier alpha value is -1.34. The molecule has 1 unspecified atom stereocenters. The van der Waals surface area contributed by atoms with E-state index < -0.39 is 0 Å². The molecule has 0 spiro atoms. The first-order valence-corrected chi connectivity index (χ1v) is 4.60. The zero-order valence-electron chi connectivity index (χ0n) is 8.46. The molecular weight excluding hydrogens is 180 g/mol. The van der Waals surface area contributed by atoms with Gasteiger partial charge in [-0.3, -0.25) is 14.5 Å². The summed E-state index contributed by atoms with van der Waals surface area (Å²) in [5.74, 6) is 5.40. The molecule has 0 aliphatic carbocycles. The molecule has 1 aliphatic heterocycles. The van der Waals surface area contributed by atoms with Crippen molar-refractivity contribution >= 4 is 11.8 Å². The van der Waals surface area contributed by atoms with Gasteiger partial charge in [-0.2, -0.15) is 0 Å². The van der Waals surface area contributed by atoms with Gasteiger partial charge in [0.05, 0.1) is 12.5 Å². The molecule has 0 bridgehead atoms. The molecule has 1 heterocycles. The summed E-state index contributed by atoms with van der Waals surface area (Å²) in [5.41, 5.74) is 0. The Morgan fingerprint density at radius 2 is 2.29 bits per heavy atom. The van der Waals surface area contributed by atoms with Crippen LogP contribution in [-0.4, -0.2) is 36.3 Å². The molecule has 1 rings (SSSR count). The number of likely N-dealkylation sites (N-methyl/N-ethyl adjacent to an activating group) is 1. The number of nitrogens with zero attached hydrogens (tertiary/aromatic N) is 1. The van der Waals surface area contributed by atoms with Crippen LogP contribution in [0.1, 0.15) is 19.8 Å². The lowest BCUT2D eigenvalue weighted by Crippen LogP contribution is -2.37. The van der Waals surface area contributed by atoms with Crippen LogP contribution in [0.15, 0.2) is 0 Å². The van der Waals surface area contributed by atoms with E-state index in [1.165, 1.54) is 11.9 Å². The van der Waals surface area contributed by atoms with Crippen molar-refractivity contribution in [3.8, 4) is 11.8 Å². The molecule has 1 fully saturated rings. The number of nitrogens with one attached hydrogen (secondary N) is 1. The maximum absolute atomic E-state index is 11.4. The number of carbonyl (C=O) groups excluding carboxylic acids is 2. The summed E-state index contributed by atoms with van der Waals surface area (Å²) in [6.45, 7) is 2.43. The predicted molar refractivity (Wildman–Crippen MR) is 52.3 cm³/mol. The Kier molecular flexibility index (Phi) is 3.66. The van der Waals surface area contributed by atoms with E-state index in [0.717, 1.165) is 0 Å². The second-order valence-electron chi connectivity index (χ2n) is 3.18. The van der Waals surface area contributed by atoms with Crippen molar-refractivity contribution in [2.24, 2.45) is 0 Å². The topological polar surface area (TPSA) is 49.4 Å². The minimum atomic E-state index is -0.342. The Balaban J connectivity index is 2.35. The number of amides is 2. The second-order valence-corrected chi connectivity index (χ2v) is 3.18. The van der Waals surface area contributed by atoms with E-state index in [9.17, 15) is 9.59 Å². The minimum absolute atomic E-state index is 0.117. The van der Waals surface area contributed by atoms with E-state index in [0.29, 0.717) is 13.0 Å². The van der Waals surface area contributed by atoms with Crippen molar-refractivity contribution in [2.75, 3.05) is 13.6 Å². The van der Waals surface area contributed by atoms with Gasteiger partial charge in [0.2, 0.25) is 11.8 Å². The molecule has 0 saturated carbocycles. The Morgan fingerprint density at radius 3 is 2.79 bits per heavy atom. The highest BCUT2D eigenvalue weighted by molar-refractivity contribution is 6.05. The Bertz CT molecular complexity index is 301. The highest BCUT2D eigenvalue weighted by Crippen LogP contribution is 2.09. The third-order valence-electron chi connectivity index (χ3n) is 2.20. The molecule has 1 atom stereocenters. The van der Waals surface area contributed by atoms with E-state index in [4.69, 9.17) is 0 Å². The van der Waals surface area contributed by atoms with Crippen molar-refractivity contribution in [3.05, 3.63) is 0 Å². The molecule has 4 nitrogen and oxygen atoms in total. The lowest BCUT2D eigenvalue weighted by Gasteiger charge is -2.09. The summed E-state index contributed by atoms with van der Waals surface area (Å²) >= 11 is 0. The Labute approximate surface area is 83.6 Å². The number of hydrogen-bond donors (Lipinski definition) is 1. The first kappa shape index (κ1) is 10.7. The van der Waals surface area contributed by atoms with Gasteiger partial charge in [0.15, 0.2) is 0 Å². The quantitative estimate of drug-likeness (QED) is 0.383. The number of likely N-dealkylation sites (tertiary alicyclic amines) is 1. The maximum Gasteiger partial charge on any atom is 0.246 e. The van der Waals surface area contributed by atoms with Gasteiger partial charge in [0, 0.05) is 20.0 Å². The SMILES string of the molecule is CC#CCCNC1CC(=O)N(C)C1=O. The molecule has 4 heteroatoms. The van der Waals surface area contributed by atoms with Gasteiger partial charge in [-0.25, -0.2) is 0 Å². The second kappa shape index (κ2) is 4.77. The average Bonchev–Trinajstić information content (AvgIpc) is 2.41. The summed E-state index contributed by atoms with van der Waals surface area (Å²) in [6, 6.07) is -0.342. The zero-order chi connectivity index (χ0) is 10.6. The van der Waals surface area contributed by atoms with Gasteiger partial charge in [0.1, 0.15) is 0 Å². The summed E-state index contributed by atoms with van der Waals surface area (Å²) in [5, 5.41) is 3.01. The van der Waals surface area contributed by atoms with Crippen LogP contribution >= 0.6 is 0 Å². The standard InChI is InChI=1S/C10H14N2O2/c1-3-4-5-6-11-8-7-9(13)12(2)10(8)14/h8,11H,5-7H2,1-2H3. The van der Waals surface area contributed by atoms with Crippen LogP contribution in [0.25, 0.3) is 0 Å². The lowest BCUT2D eigenvalue weighted by atomic mass is 10.2. The molecule has 0 aromatic heterocycles. The highest BCUT2D eigenvalue weighted by atomic mass is 16.2. The van der Waals surface area contributed by atoms with Gasteiger partial charge in [-0.05, 0) is 6.92 Å². The summed E-state index contributed by atoms with van der Waals surface area (Å²) in [7, 11) is 1.51. The molecule has 1 aliphatic rings. The molecule has 1 N–H and O–H groups in total. The molecule has 0 aromatic carbocycles. The van der Waals surface area contributed by atoms with Crippen molar-refractivity contribution in [1.82, 2.24) is 10.2 Å². The van der Waals surface area contributed by atoms with Crippen molar-refractivity contribution < 1.29 is 9.59 Å². The number of rotatable bonds is 3. The van der Waals surface area contributed by atoms with E-state index in [1.807, 2.05) is 0 Å². The predicted octanol–water partition coefficient (Wildman–Crippen LogP) is -0.253. The number of carbonyl (C=O) groups is 2. The van der Waals surface area contributed by atoms with Crippen LogP contribution in [0.4, 0.5) is 0 Å². The third-order valence-corrected chi connectivity index (χ3v) is 2.20. The Morgan fingerprint density at radius 1 is 1.57 bits per heavy atom. The fourth-order valence-corrected chi connectivity index (χ4v) is 1.35. The van der Waals surface area contributed by atoms with E-state index in [1.54, 1.807) is 6.92 Å². The van der Waals surface area contributed by atoms with Crippen LogP contribution in [0, 0.1) is 11.8 Å². The van der Waals surface area contributed by atoms with E-state index in [2.05, 4.69) is 17.2 Å². The van der Waals surface area contributed by atoms with Crippen LogP contribution in [-0.2, 0) is 9.59 Å². The summed E-state index contributed by atoms with van der Waals surface area (Å²) in [4.78, 5) is 23.7. The van der Waals surface area contributed by atoms with Crippen LogP contribution < -0.4 is 5.32 Å². The molecule has 1 saturated heterocycles. The van der Waals surface area contributed by atoms with Gasteiger partial charge < -0.3 is 5.32 Å². The normalized spacial score (nSPS) is 21.0. The fraction of sp³-hybridized carbons (Fsp3) is 0.600. The zero-order valence-corrected chi connectivity index (χ0v) is 8.46. The van der Waals surface area contributed by atoms with E-state index in [-0.39, 0.29) is 24.3 Å². The molecule has 2 amide bonds. The maximum atomic E-state index is 11.4. The monoisotopic (exact) mass is 194 g/mol. The third kappa shape index (κ3) is 2.33. The highest BCUT2D eigenvalue weighted by Gasteiger charge is 2.35. The number of hydrogen-bond acceptors (Lipinski definition) is 3. The molecule has 14 heavy (non-hydrogen) atoms. The van der Waals surface area contributed by atoms with E-state index >= 15 is 0 Å². The van der Waals surface area contributed by atoms with Crippen molar-refractivity contribution in [3.63, 3.8) is 0 Å². The van der Waals surface area contributed by atoms with Crippen molar-refractivity contribution in [1.29, 1.82) is 0 Å². The first-order valence-electron chi connectivity index (χ1n) is 4.60. The van der Waals surface area contributed by atoms with Gasteiger partial charge in [-0.1, -0.05) is 0 Å². The van der Waals surface area contributed by atoms with Gasteiger partial charge in [-0.15, -0.1) is 11.8 Å². The minimum Gasteiger partial charge on any atom is -0.304 e. The molecule has 0 radical (unpaired) electrons. The molecular formula is C10H14N2O2. The van der Waals surface area contributed by atoms with Crippen LogP contribution in [0.2, 0.25) is 0 Å².